The van der Waals surface area contributed by atoms with Gasteiger partial charge in [0.25, 0.3) is 5.56 Å². The van der Waals surface area contributed by atoms with Crippen LogP contribution in [0.25, 0.3) is 11.2 Å². The van der Waals surface area contributed by atoms with E-state index in [1.54, 1.807) is 36.9 Å². The Hall–Kier alpha value is -2.74. The average molecular weight is 350 g/mol. The predicted octanol–water partition coefficient (Wildman–Crippen LogP) is 1.77. The summed E-state index contributed by atoms with van der Waals surface area (Å²) >= 11 is 5.90. The molecule has 2 N–H and O–H groups in total. The van der Waals surface area contributed by atoms with E-state index in [1.807, 2.05) is 6.07 Å². The van der Waals surface area contributed by atoms with Gasteiger partial charge in [0.15, 0.2) is 11.2 Å². The highest BCUT2D eigenvalue weighted by atomic mass is 35.5. The van der Waals surface area contributed by atoms with Gasteiger partial charge < -0.3 is 14.3 Å². The number of halogens is 1. The van der Waals surface area contributed by atoms with E-state index in [-0.39, 0.29) is 0 Å². The van der Waals surface area contributed by atoms with Crippen molar-refractivity contribution in [2.24, 2.45) is 7.05 Å². The number of hydrogen-bond donors (Lipinski definition) is 2. The number of imidazole rings is 1. The maximum absolute atomic E-state index is 12.2. The molecule has 0 atom stereocenters. The lowest BCUT2D eigenvalue weighted by Crippen LogP contribution is -2.29. The van der Waals surface area contributed by atoms with E-state index in [4.69, 9.17) is 16.0 Å². The van der Waals surface area contributed by atoms with Gasteiger partial charge in [0.2, 0.25) is 5.95 Å². The number of allylic oxidation sites excluding steroid dienone is 2. The van der Waals surface area contributed by atoms with Gasteiger partial charge in [0.1, 0.15) is 5.76 Å². The van der Waals surface area contributed by atoms with Crippen molar-refractivity contribution in [1.82, 2.24) is 19.1 Å². The second-order valence-corrected chi connectivity index (χ2v) is 5.86. The summed E-state index contributed by atoms with van der Waals surface area (Å²) in [5.74, 6) is 1.17. The van der Waals surface area contributed by atoms with E-state index in [2.05, 4.69) is 15.3 Å². The monoisotopic (exact) mass is 349 g/mol. The Morgan fingerprint density at radius 2 is 2.29 bits per heavy atom. The minimum absolute atomic E-state index is 0.298. The number of aromatic amines is 1. The van der Waals surface area contributed by atoms with Gasteiger partial charge in [-0.2, -0.15) is 4.98 Å². The largest absolute Gasteiger partial charge is 0.467 e. The first-order chi connectivity index (χ1) is 11.5. The fourth-order valence-corrected chi connectivity index (χ4v) is 2.41. The van der Waals surface area contributed by atoms with Crippen molar-refractivity contribution in [2.75, 3.05) is 5.32 Å². The number of fused-ring (bicyclic) bond motifs is 1. The summed E-state index contributed by atoms with van der Waals surface area (Å²) < 4.78 is 8.24. The summed E-state index contributed by atoms with van der Waals surface area (Å²) in [4.78, 5) is 30.7. The topological polar surface area (TPSA) is 97.8 Å². The minimum Gasteiger partial charge on any atom is -0.467 e. The summed E-state index contributed by atoms with van der Waals surface area (Å²) in [5, 5.41) is 3.71. The van der Waals surface area contributed by atoms with Crippen LogP contribution in [0.15, 0.2) is 43.5 Å². The molecule has 0 saturated carbocycles. The van der Waals surface area contributed by atoms with Crippen LogP contribution in [-0.4, -0.2) is 19.1 Å². The number of rotatable bonds is 5. The summed E-state index contributed by atoms with van der Waals surface area (Å²) in [7, 11) is 1.55. The number of anilines is 1. The maximum atomic E-state index is 12.2. The van der Waals surface area contributed by atoms with Gasteiger partial charge >= 0.3 is 5.69 Å². The second kappa shape index (κ2) is 6.40. The minimum atomic E-state index is -0.515. The Bertz CT molecular complexity index is 1010. The quantitative estimate of drug-likeness (QED) is 0.731. The molecule has 3 rings (SSSR count). The number of furan rings is 1. The number of aromatic nitrogens is 4. The normalized spacial score (nSPS) is 12.0. The first kappa shape index (κ1) is 16.1. The molecule has 0 radical (unpaired) electrons. The van der Waals surface area contributed by atoms with Gasteiger partial charge in [-0.05, 0) is 19.1 Å². The van der Waals surface area contributed by atoms with E-state index in [0.29, 0.717) is 35.2 Å². The van der Waals surface area contributed by atoms with Crippen LogP contribution in [0.2, 0.25) is 0 Å². The van der Waals surface area contributed by atoms with Crippen molar-refractivity contribution in [3.63, 3.8) is 0 Å². The number of aryl methyl sites for hydroxylation is 1. The highest BCUT2D eigenvalue weighted by Gasteiger charge is 2.16. The molecular formula is C15H16ClN5O3. The van der Waals surface area contributed by atoms with E-state index in [9.17, 15) is 9.59 Å². The fourth-order valence-electron chi connectivity index (χ4n) is 2.34. The highest BCUT2D eigenvalue weighted by Crippen LogP contribution is 2.17. The molecule has 0 spiro atoms. The summed E-state index contributed by atoms with van der Waals surface area (Å²) in [5.41, 5.74) is -0.411. The van der Waals surface area contributed by atoms with Crippen LogP contribution in [0.5, 0.6) is 0 Å². The Kier molecular flexibility index (Phi) is 4.30. The Morgan fingerprint density at radius 3 is 2.96 bits per heavy atom. The zero-order valence-corrected chi connectivity index (χ0v) is 13.9. The average Bonchev–Trinajstić information content (AvgIpc) is 3.16. The molecule has 0 fully saturated rings. The van der Waals surface area contributed by atoms with Crippen molar-refractivity contribution in [3.8, 4) is 0 Å². The molecule has 3 aromatic heterocycles. The Balaban J connectivity index is 2.12. The van der Waals surface area contributed by atoms with Crippen LogP contribution in [-0.2, 0) is 20.1 Å². The predicted molar refractivity (Wildman–Crippen MR) is 91.2 cm³/mol. The summed E-state index contributed by atoms with van der Waals surface area (Å²) in [6, 6.07) is 3.61. The van der Waals surface area contributed by atoms with Gasteiger partial charge in [-0.25, -0.2) is 4.79 Å². The molecule has 8 nitrogen and oxygen atoms in total. The third-order valence-corrected chi connectivity index (χ3v) is 3.72. The van der Waals surface area contributed by atoms with Gasteiger partial charge in [-0.1, -0.05) is 17.7 Å². The summed E-state index contributed by atoms with van der Waals surface area (Å²) in [6.07, 6.45) is 3.33. The Labute approximate surface area is 141 Å². The van der Waals surface area contributed by atoms with Crippen LogP contribution in [0.4, 0.5) is 5.95 Å². The number of H-pyrrole nitrogens is 1. The van der Waals surface area contributed by atoms with Crippen LogP contribution >= 0.6 is 11.6 Å². The molecule has 3 heterocycles. The molecule has 0 saturated heterocycles. The molecular weight excluding hydrogens is 334 g/mol. The lowest BCUT2D eigenvalue weighted by Gasteiger charge is -2.07. The van der Waals surface area contributed by atoms with Crippen molar-refractivity contribution >= 4 is 28.7 Å². The number of nitrogens with one attached hydrogen (secondary N) is 2. The Morgan fingerprint density at radius 1 is 1.50 bits per heavy atom. The zero-order valence-electron chi connectivity index (χ0n) is 13.2. The van der Waals surface area contributed by atoms with Gasteiger partial charge in [0, 0.05) is 18.6 Å². The number of nitrogens with zero attached hydrogens (tertiary/aromatic N) is 3. The SMILES string of the molecule is CC(Cl)=CCn1c(NCc2ccco2)nc2c1c(=O)[nH]c(=O)n2C. The molecule has 0 amide bonds. The maximum Gasteiger partial charge on any atom is 0.329 e. The van der Waals surface area contributed by atoms with E-state index in [1.165, 1.54) is 4.57 Å². The molecule has 0 unspecified atom stereocenters. The molecule has 3 aromatic rings. The van der Waals surface area contributed by atoms with Crippen LogP contribution < -0.4 is 16.6 Å². The molecule has 0 aromatic carbocycles. The molecule has 126 valence electrons. The fraction of sp³-hybridized carbons (Fsp3) is 0.267. The van der Waals surface area contributed by atoms with E-state index >= 15 is 0 Å². The molecule has 24 heavy (non-hydrogen) atoms. The van der Waals surface area contributed by atoms with Gasteiger partial charge in [-0.3, -0.25) is 14.3 Å². The molecule has 0 aliphatic carbocycles. The lowest BCUT2D eigenvalue weighted by molar-refractivity contribution is 0.517. The van der Waals surface area contributed by atoms with Gasteiger partial charge in [0.05, 0.1) is 12.8 Å². The third-order valence-electron chi connectivity index (χ3n) is 3.56. The molecule has 0 bridgehead atoms. The van der Waals surface area contributed by atoms with Crippen LogP contribution in [0, 0.1) is 0 Å². The highest BCUT2D eigenvalue weighted by molar-refractivity contribution is 6.29. The smallest absolute Gasteiger partial charge is 0.329 e. The van der Waals surface area contributed by atoms with Crippen LogP contribution in [0.3, 0.4) is 0 Å². The van der Waals surface area contributed by atoms with E-state index in [0.717, 1.165) is 5.76 Å². The number of hydrogen-bond acceptors (Lipinski definition) is 5. The lowest BCUT2D eigenvalue weighted by atomic mass is 10.4. The second-order valence-electron chi connectivity index (χ2n) is 5.26. The third kappa shape index (κ3) is 3.00. The van der Waals surface area contributed by atoms with Crippen LogP contribution in [0.1, 0.15) is 12.7 Å². The van der Waals surface area contributed by atoms with Crippen molar-refractivity contribution in [3.05, 3.63) is 56.1 Å². The molecule has 0 aliphatic rings. The van der Waals surface area contributed by atoms with E-state index < -0.39 is 11.2 Å². The molecule has 9 heteroatoms. The zero-order chi connectivity index (χ0) is 17.3. The summed E-state index contributed by atoms with van der Waals surface area (Å²) in [6.45, 7) is 2.48. The standard InChI is InChI=1S/C15H16ClN5O3/c1-9(16)5-6-21-11-12(20(2)15(23)19-13(11)22)18-14(21)17-8-10-4-3-7-24-10/h3-5,7H,6,8H2,1-2H3,(H,17,18)(H,19,22,23). The molecule has 0 aliphatic heterocycles. The van der Waals surface area contributed by atoms with Crippen molar-refractivity contribution < 1.29 is 4.42 Å². The first-order valence-electron chi connectivity index (χ1n) is 7.25. The van der Waals surface area contributed by atoms with Crippen molar-refractivity contribution in [1.29, 1.82) is 0 Å². The first-order valence-corrected chi connectivity index (χ1v) is 7.63. The van der Waals surface area contributed by atoms with Gasteiger partial charge in [-0.15, -0.1) is 0 Å². The van der Waals surface area contributed by atoms with Crippen molar-refractivity contribution in [2.45, 2.75) is 20.0 Å².